The van der Waals surface area contributed by atoms with Crippen LogP contribution in [0.4, 0.5) is 8.78 Å². The Kier molecular flexibility index (Phi) is 2.72. The lowest BCUT2D eigenvalue weighted by Gasteiger charge is -2.28. The number of halogens is 2. The molecule has 0 aromatic rings. The van der Waals surface area contributed by atoms with E-state index >= 15 is 0 Å². The number of rotatable bonds is 1. The molecule has 0 radical (unpaired) electrons. The van der Waals surface area contributed by atoms with Gasteiger partial charge in [-0.3, -0.25) is 0 Å². The van der Waals surface area contributed by atoms with E-state index in [9.17, 15) is 8.78 Å². The van der Waals surface area contributed by atoms with E-state index in [-0.39, 0.29) is 12.8 Å². The van der Waals surface area contributed by atoms with Crippen LogP contribution in [-0.2, 0) is 0 Å². The molecule has 0 saturated carbocycles. The second kappa shape index (κ2) is 3.40. The zero-order chi connectivity index (χ0) is 8.32. The first kappa shape index (κ1) is 8.79. The Morgan fingerprint density at radius 1 is 1.64 bits per heavy atom. The van der Waals surface area contributed by atoms with Gasteiger partial charge in [-0.2, -0.15) is 17.0 Å². The summed E-state index contributed by atoms with van der Waals surface area (Å²) in [5.41, 5.74) is 0. The van der Waals surface area contributed by atoms with Crippen molar-refractivity contribution in [1.29, 1.82) is 5.26 Å². The van der Waals surface area contributed by atoms with Crippen molar-refractivity contribution in [3.8, 4) is 6.07 Å². The molecule has 0 aromatic heterocycles. The van der Waals surface area contributed by atoms with Crippen LogP contribution in [0.3, 0.4) is 0 Å². The maximum absolute atomic E-state index is 12.9. The monoisotopic (exact) mass is 177 g/mol. The van der Waals surface area contributed by atoms with Gasteiger partial charge in [0.05, 0.1) is 6.07 Å². The minimum Gasteiger partial charge on any atom is -0.206 e. The van der Waals surface area contributed by atoms with Crippen LogP contribution in [0, 0.1) is 17.2 Å². The first-order valence-corrected chi connectivity index (χ1v) is 4.65. The van der Waals surface area contributed by atoms with Crippen LogP contribution in [0.5, 0.6) is 0 Å². The smallest absolute Gasteiger partial charge is 0.206 e. The molecule has 1 heterocycles. The summed E-state index contributed by atoms with van der Waals surface area (Å²) in [6.45, 7) is 0. The van der Waals surface area contributed by atoms with Crippen molar-refractivity contribution >= 4 is 11.8 Å². The molecule has 62 valence electrons. The van der Waals surface area contributed by atoms with Gasteiger partial charge in [0.25, 0.3) is 5.92 Å². The lowest BCUT2D eigenvalue weighted by molar-refractivity contribution is -0.0529. The van der Waals surface area contributed by atoms with Crippen LogP contribution < -0.4 is 0 Å². The van der Waals surface area contributed by atoms with Crippen LogP contribution in [0.2, 0.25) is 0 Å². The molecule has 4 heteroatoms. The largest absolute Gasteiger partial charge is 0.253 e. The Morgan fingerprint density at radius 2 is 2.36 bits per heavy atom. The number of hydrogen-bond acceptors (Lipinski definition) is 2. The molecule has 1 aliphatic heterocycles. The molecule has 1 rings (SSSR count). The van der Waals surface area contributed by atoms with Gasteiger partial charge in [-0.25, -0.2) is 8.78 Å². The zero-order valence-corrected chi connectivity index (χ0v) is 6.83. The van der Waals surface area contributed by atoms with Gasteiger partial charge in [0, 0.05) is 24.5 Å². The van der Waals surface area contributed by atoms with Gasteiger partial charge in [-0.05, 0) is 5.75 Å². The Hall–Kier alpha value is -0.300. The summed E-state index contributed by atoms with van der Waals surface area (Å²) in [6.07, 6.45) is -0.0794. The highest BCUT2D eigenvalue weighted by molar-refractivity contribution is 7.99. The summed E-state index contributed by atoms with van der Waals surface area (Å²) in [7, 11) is 0. The van der Waals surface area contributed by atoms with Crippen molar-refractivity contribution in [2.75, 3.05) is 11.5 Å². The summed E-state index contributed by atoms with van der Waals surface area (Å²) in [5, 5.41) is 8.26. The van der Waals surface area contributed by atoms with Crippen LogP contribution in [-0.4, -0.2) is 17.4 Å². The van der Waals surface area contributed by atoms with E-state index in [1.54, 1.807) is 6.07 Å². The van der Waals surface area contributed by atoms with Crippen LogP contribution in [0.15, 0.2) is 0 Å². The van der Waals surface area contributed by atoms with Gasteiger partial charge >= 0.3 is 0 Å². The SMILES string of the molecule is N#CCC1CSCCC1(F)F. The minimum absolute atomic E-state index is 0.0139. The Balaban J connectivity index is 2.54. The Bertz CT molecular complexity index is 176. The Labute approximate surface area is 68.8 Å². The van der Waals surface area contributed by atoms with E-state index in [4.69, 9.17) is 5.26 Å². The van der Waals surface area contributed by atoms with Crippen LogP contribution in [0.1, 0.15) is 12.8 Å². The maximum atomic E-state index is 12.9. The van der Waals surface area contributed by atoms with Crippen molar-refractivity contribution in [2.45, 2.75) is 18.8 Å². The molecule has 1 fully saturated rings. The summed E-state index contributed by atoms with van der Waals surface area (Å²) in [4.78, 5) is 0. The molecule has 0 bridgehead atoms. The summed E-state index contributed by atoms with van der Waals surface area (Å²) < 4.78 is 25.8. The van der Waals surface area contributed by atoms with Gasteiger partial charge in [0.1, 0.15) is 0 Å². The van der Waals surface area contributed by atoms with Gasteiger partial charge in [0.2, 0.25) is 0 Å². The predicted octanol–water partition coefficient (Wildman–Crippen LogP) is 2.29. The molecule has 1 unspecified atom stereocenters. The topological polar surface area (TPSA) is 23.8 Å². The van der Waals surface area contributed by atoms with Crippen LogP contribution >= 0.6 is 11.8 Å². The van der Waals surface area contributed by atoms with Gasteiger partial charge in [0.15, 0.2) is 0 Å². The molecule has 1 nitrogen and oxygen atoms in total. The summed E-state index contributed by atoms with van der Waals surface area (Å²) in [5.74, 6) is -2.36. The zero-order valence-electron chi connectivity index (χ0n) is 6.02. The molecule has 0 N–H and O–H groups in total. The predicted molar refractivity (Wildman–Crippen MR) is 40.6 cm³/mol. The molecule has 1 aliphatic rings. The highest BCUT2D eigenvalue weighted by Gasteiger charge is 2.41. The molecule has 1 atom stereocenters. The number of nitrogens with zero attached hydrogens (tertiary/aromatic N) is 1. The fourth-order valence-electron chi connectivity index (χ4n) is 1.08. The molecular weight excluding hydrogens is 168 g/mol. The van der Waals surface area contributed by atoms with Gasteiger partial charge < -0.3 is 0 Å². The third kappa shape index (κ3) is 2.06. The highest BCUT2D eigenvalue weighted by Crippen LogP contribution is 2.38. The fraction of sp³-hybridized carbons (Fsp3) is 0.857. The number of thioether (sulfide) groups is 1. The second-order valence-corrected chi connectivity index (χ2v) is 3.79. The summed E-state index contributed by atoms with van der Waals surface area (Å²) in [6, 6.07) is 1.80. The highest BCUT2D eigenvalue weighted by atomic mass is 32.2. The second-order valence-electron chi connectivity index (χ2n) is 2.65. The first-order chi connectivity index (χ1) is 5.17. The number of nitriles is 1. The van der Waals surface area contributed by atoms with Gasteiger partial charge in [-0.1, -0.05) is 0 Å². The van der Waals surface area contributed by atoms with E-state index in [1.807, 2.05) is 0 Å². The number of hydrogen-bond donors (Lipinski definition) is 0. The van der Waals surface area contributed by atoms with Crippen molar-refractivity contribution in [3.63, 3.8) is 0 Å². The third-order valence-corrected chi connectivity index (χ3v) is 2.96. The van der Waals surface area contributed by atoms with E-state index in [1.165, 1.54) is 11.8 Å². The quantitative estimate of drug-likeness (QED) is 0.613. The molecule has 0 aromatic carbocycles. The average Bonchev–Trinajstić information content (AvgIpc) is 1.94. The first-order valence-electron chi connectivity index (χ1n) is 3.49. The molecular formula is C7H9F2NS. The van der Waals surface area contributed by atoms with Crippen molar-refractivity contribution in [1.82, 2.24) is 0 Å². The lowest BCUT2D eigenvalue weighted by atomic mass is 9.98. The van der Waals surface area contributed by atoms with E-state index in [0.717, 1.165) is 0 Å². The van der Waals surface area contributed by atoms with Crippen molar-refractivity contribution < 1.29 is 8.78 Å². The van der Waals surface area contributed by atoms with E-state index in [0.29, 0.717) is 11.5 Å². The minimum atomic E-state index is -2.60. The maximum Gasteiger partial charge on any atom is 0.253 e. The average molecular weight is 177 g/mol. The molecule has 0 aliphatic carbocycles. The standard InChI is InChI=1S/C7H9F2NS/c8-7(9)2-4-11-5-6(7)1-3-10/h6H,1-2,4-5H2. The Morgan fingerprint density at radius 3 is 2.91 bits per heavy atom. The summed E-state index contributed by atoms with van der Waals surface area (Å²) >= 11 is 1.51. The molecule has 1 saturated heterocycles. The molecule has 11 heavy (non-hydrogen) atoms. The molecule has 0 spiro atoms. The van der Waals surface area contributed by atoms with Gasteiger partial charge in [-0.15, -0.1) is 0 Å². The molecule has 0 amide bonds. The van der Waals surface area contributed by atoms with Crippen molar-refractivity contribution in [3.05, 3.63) is 0 Å². The lowest BCUT2D eigenvalue weighted by Crippen LogP contribution is -2.34. The number of alkyl halides is 2. The van der Waals surface area contributed by atoms with Crippen LogP contribution in [0.25, 0.3) is 0 Å². The van der Waals surface area contributed by atoms with E-state index < -0.39 is 11.8 Å². The fourth-order valence-corrected chi connectivity index (χ4v) is 2.31. The third-order valence-electron chi connectivity index (χ3n) is 1.83. The normalized spacial score (nSPS) is 29.4. The van der Waals surface area contributed by atoms with Crippen molar-refractivity contribution in [2.24, 2.45) is 5.92 Å². The van der Waals surface area contributed by atoms with E-state index in [2.05, 4.69) is 0 Å².